The average Bonchev–Trinajstić information content (AvgIpc) is 2.40. The van der Waals surface area contributed by atoms with E-state index in [4.69, 9.17) is 0 Å². The standard InChI is InChI=1S/C15H17BrFNO/c16-13-7-12(4-5-14(13)17)15(19)18-8-10-2-1-3-11(6-10)9-18/h4-5,7,10-11H,1-3,6,8-9H2. The van der Waals surface area contributed by atoms with Gasteiger partial charge in [-0.25, -0.2) is 4.39 Å². The Kier molecular flexibility index (Phi) is 3.61. The number of hydrogen-bond donors (Lipinski definition) is 0. The van der Waals surface area contributed by atoms with Gasteiger partial charge in [0.15, 0.2) is 0 Å². The monoisotopic (exact) mass is 325 g/mol. The number of nitrogens with zero attached hydrogens (tertiary/aromatic N) is 1. The van der Waals surface area contributed by atoms with Crippen molar-refractivity contribution < 1.29 is 9.18 Å². The first-order chi connectivity index (χ1) is 9.13. The van der Waals surface area contributed by atoms with Crippen LogP contribution in [0.1, 0.15) is 36.0 Å². The molecule has 19 heavy (non-hydrogen) atoms. The fourth-order valence-corrected chi connectivity index (χ4v) is 3.79. The largest absolute Gasteiger partial charge is 0.338 e. The van der Waals surface area contributed by atoms with Gasteiger partial charge in [-0.1, -0.05) is 6.42 Å². The van der Waals surface area contributed by atoms with Crippen LogP contribution >= 0.6 is 15.9 Å². The predicted octanol–water partition coefficient (Wildman–Crippen LogP) is 3.85. The SMILES string of the molecule is O=C(c1ccc(F)c(Br)c1)N1CC2CCCC(C2)C1. The zero-order valence-electron chi connectivity index (χ0n) is 10.7. The Balaban J connectivity index is 1.78. The molecule has 1 aliphatic heterocycles. The van der Waals surface area contributed by atoms with E-state index in [0.717, 1.165) is 13.1 Å². The van der Waals surface area contributed by atoms with Gasteiger partial charge >= 0.3 is 0 Å². The summed E-state index contributed by atoms with van der Waals surface area (Å²) in [6.45, 7) is 1.73. The van der Waals surface area contributed by atoms with Crippen LogP contribution in [0.4, 0.5) is 4.39 Å². The number of likely N-dealkylation sites (tertiary alicyclic amines) is 1. The number of benzene rings is 1. The molecule has 1 saturated heterocycles. The molecule has 2 atom stereocenters. The lowest BCUT2D eigenvalue weighted by Crippen LogP contribution is -2.45. The minimum Gasteiger partial charge on any atom is -0.338 e. The van der Waals surface area contributed by atoms with Gasteiger partial charge in [-0.3, -0.25) is 4.79 Å². The van der Waals surface area contributed by atoms with Gasteiger partial charge in [0.05, 0.1) is 4.47 Å². The lowest BCUT2D eigenvalue weighted by molar-refractivity contribution is 0.0504. The van der Waals surface area contributed by atoms with E-state index in [0.29, 0.717) is 21.9 Å². The first-order valence-corrected chi connectivity index (χ1v) is 7.67. The lowest BCUT2D eigenvalue weighted by Gasteiger charge is -2.41. The third kappa shape index (κ3) is 2.69. The molecule has 3 rings (SSSR count). The van der Waals surface area contributed by atoms with E-state index in [1.807, 2.05) is 4.90 Å². The summed E-state index contributed by atoms with van der Waals surface area (Å²) >= 11 is 3.14. The molecule has 2 aliphatic rings. The number of fused-ring (bicyclic) bond motifs is 2. The fraction of sp³-hybridized carbons (Fsp3) is 0.533. The van der Waals surface area contributed by atoms with Gasteiger partial charge < -0.3 is 4.90 Å². The third-order valence-corrected chi connectivity index (χ3v) is 4.91. The van der Waals surface area contributed by atoms with Crippen LogP contribution in [-0.4, -0.2) is 23.9 Å². The zero-order chi connectivity index (χ0) is 13.4. The number of amides is 1. The van der Waals surface area contributed by atoms with Crippen molar-refractivity contribution in [2.75, 3.05) is 13.1 Å². The number of carbonyl (C=O) groups excluding carboxylic acids is 1. The van der Waals surface area contributed by atoms with Gasteiger partial charge in [-0.2, -0.15) is 0 Å². The molecule has 1 aromatic rings. The third-order valence-electron chi connectivity index (χ3n) is 4.30. The molecule has 0 aromatic heterocycles. The molecule has 1 aliphatic carbocycles. The fourth-order valence-electron chi connectivity index (χ4n) is 3.41. The average molecular weight is 326 g/mol. The van der Waals surface area contributed by atoms with Crippen LogP contribution in [0, 0.1) is 17.7 Å². The summed E-state index contributed by atoms with van der Waals surface area (Å²) < 4.78 is 13.6. The van der Waals surface area contributed by atoms with Gasteiger partial charge in [0.25, 0.3) is 5.91 Å². The van der Waals surface area contributed by atoms with Crippen molar-refractivity contribution in [1.29, 1.82) is 0 Å². The summed E-state index contributed by atoms with van der Waals surface area (Å²) in [6, 6.07) is 4.51. The molecule has 0 spiro atoms. The highest BCUT2D eigenvalue weighted by Gasteiger charge is 2.32. The van der Waals surface area contributed by atoms with Crippen molar-refractivity contribution in [3.63, 3.8) is 0 Å². The molecule has 2 nitrogen and oxygen atoms in total. The van der Waals surface area contributed by atoms with Gasteiger partial charge in [-0.05, 0) is 65.2 Å². The van der Waals surface area contributed by atoms with Gasteiger partial charge in [0, 0.05) is 18.7 Å². The lowest BCUT2D eigenvalue weighted by atomic mass is 9.78. The van der Waals surface area contributed by atoms with Crippen LogP contribution in [0.5, 0.6) is 0 Å². The normalized spacial score (nSPS) is 26.3. The van der Waals surface area contributed by atoms with Crippen LogP contribution in [0.2, 0.25) is 0 Å². The molecule has 2 fully saturated rings. The number of halogens is 2. The predicted molar refractivity (Wildman–Crippen MR) is 75.5 cm³/mol. The first kappa shape index (κ1) is 13.1. The van der Waals surface area contributed by atoms with Crippen LogP contribution in [0.3, 0.4) is 0 Å². The topological polar surface area (TPSA) is 20.3 Å². The van der Waals surface area contributed by atoms with Gasteiger partial charge in [-0.15, -0.1) is 0 Å². The molecule has 1 saturated carbocycles. The minimum atomic E-state index is -0.327. The van der Waals surface area contributed by atoms with E-state index in [1.165, 1.54) is 31.7 Å². The van der Waals surface area contributed by atoms with E-state index in [-0.39, 0.29) is 11.7 Å². The number of carbonyl (C=O) groups is 1. The van der Waals surface area contributed by atoms with E-state index >= 15 is 0 Å². The Bertz CT molecular complexity index is 493. The number of hydrogen-bond acceptors (Lipinski definition) is 1. The molecule has 2 bridgehead atoms. The van der Waals surface area contributed by atoms with E-state index in [1.54, 1.807) is 12.1 Å². The first-order valence-electron chi connectivity index (χ1n) is 6.88. The molecule has 0 N–H and O–H groups in total. The van der Waals surface area contributed by atoms with Crippen molar-refractivity contribution in [2.24, 2.45) is 11.8 Å². The summed E-state index contributed by atoms with van der Waals surface area (Å²) in [5.74, 6) is 1.05. The van der Waals surface area contributed by atoms with Crippen molar-refractivity contribution in [3.8, 4) is 0 Å². The molecular formula is C15H17BrFNO. The Morgan fingerprint density at radius 3 is 2.58 bits per heavy atom. The van der Waals surface area contributed by atoms with Crippen LogP contribution in [0.25, 0.3) is 0 Å². The molecule has 0 radical (unpaired) electrons. The second kappa shape index (κ2) is 5.23. The van der Waals surface area contributed by atoms with Crippen LogP contribution in [-0.2, 0) is 0 Å². The summed E-state index contributed by atoms with van der Waals surface area (Å²) in [5.41, 5.74) is 0.577. The summed E-state index contributed by atoms with van der Waals surface area (Å²) in [4.78, 5) is 14.4. The molecule has 1 amide bonds. The van der Waals surface area contributed by atoms with E-state index in [9.17, 15) is 9.18 Å². The summed E-state index contributed by atoms with van der Waals surface area (Å²) in [5, 5.41) is 0. The molecule has 1 heterocycles. The maximum Gasteiger partial charge on any atom is 0.253 e. The van der Waals surface area contributed by atoms with Crippen LogP contribution < -0.4 is 0 Å². The van der Waals surface area contributed by atoms with Crippen LogP contribution in [0.15, 0.2) is 22.7 Å². The van der Waals surface area contributed by atoms with E-state index in [2.05, 4.69) is 15.9 Å². The highest BCUT2D eigenvalue weighted by atomic mass is 79.9. The smallest absolute Gasteiger partial charge is 0.253 e. The van der Waals surface area contributed by atoms with Crippen molar-refractivity contribution in [1.82, 2.24) is 4.90 Å². The molecule has 102 valence electrons. The number of piperidine rings is 1. The van der Waals surface area contributed by atoms with Gasteiger partial charge in [0.2, 0.25) is 0 Å². The number of rotatable bonds is 1. The van der Waals surface area contributed by atoms with Crippen molar-refractivity contribution in [2.45, 2.75) is 25.7 Å². The molecule has 1 aromatic carbocycles. The summed E-state index contributed by atoms with van der Waals surface area (Å²) in [6.07, 6.45) is 5.07. The molecule has 4 heteroatoms. The van der Waals surface area contributed by atoms with Crippen molar-refractivity contribution >= 4 is 21.8 Å². The molecular weight excluding hydrogens is 309 g/mol. The molecule has 2 unspecified atom stereocenters. The Labute approximate surface area is 121 Å². The Morgan fingerprint density at radius 1 is 1.26 bits per heavy atom. The highest BCUT2D eigenvalue weighted by Crippen LogP contribution is 2.35. The Morgan fingerprint density at radius 2 is 1.95 bits per heavy atom. The Hall–Kier alpha value is -0.900. The van der Waals surface area contributed by atoms with E-state index < -0.39 is 0 Å². The zero-order valence-corrected chi connectivity index (χ0v) is 12.3. The highest BCUT2D eigenvalue weighted by molar-refractivity contribution is 9.10. The second-order valence-electron chi connectivity index (χ2n) is 5.74. The van der Waals surface area contributed by atoms with Crippen molar-refractivity contribution in [3.05, 3.63) is 34.1 Å². The minimum absolute atomic E-state index is 0.0392. The quantitative estimate of drug-likeness (QED) is 0.768. The second-order valence-corrected chi connectivity index (χ2v) is 6.59. The van der Waals surface area contributed by atoms with Gasteiger partial charge in [0.1, 0.15) is 5.82 Å². The maximum atomic E-state index is 13.2. The summed E-state index contributed by atoms with van der Waals surface area (Å²) in [7, 11) is 0. The maximum absolute atomic E-state index is 13.2.